The average molecular weight is 234 g/mol. The molecule has 0 aromatic heterocycles. The van der Waals surface area contributed by atoms with Crippen LogP contribution in [-0.4, -0.2) is 30.6 Å². The Morgan fingerprint density at radius 3 is 2.94 bits per heavy atom. The molecule has 3 nitrogen and oxygen atoms in total. The normalized spacial score (nSPS) is 19.8. The molecule has 16 heavy (non-hydrogen) atoms. The highest BCUT2D eigenvalue weighted by Gasteiger charge is 2.23. The molecule has 1 saturated heterocycles. The molecule has 1 aromatic carbocycles. The van der Waals surface area contributed by atoms with Gasteiger partial charge >= 0.3 is 0 Å². The Hall–Kier alpha value is -1.18. The Morgan fingerprint density at radius 2 is 2.38 bits per heavy atom. The molecule has 2 rings (SSSR count). The van der Waals surface area contributed by atoms with Crippen LogP contribution < -0.4 is 4.90 Å². The summed E-state index contributed by atoms with van der Waals surface area (Å²) < 4.78 is 0. The van der Waals surface area contributed by atoms with Gasteiger partial charge in [0.2, 0.25) is 0 Å². The van der Waals surface area contributed by atoms with Crippen molar-refractivity contribution >= 4 is 17.4 Å². The minimum absolute atomic E-state index is 0.260. The predicted octanol–water partition coefficient (Wildman–Crippen LogP) is 1.85. The first-order valence-corrected chi connectivity index (χ1v) is 6.49. The molecule has 1 atom stereocenters. The lowest BCUT2D eigenvalue weighted by molar-refractivity contribution is 0.198. The zero-order valence-corrected chi connectivity index (χ0v) is 10.00. The minimum Gasteiger partial charge on any atom is -0.391 e. The van der Waals surface area contributed by atoms with Gasteiger partial charge in [0.25, 0.3) is 0 Å². The van der Waals surface area contributed by atoms with Crippen LogP contribution in [0, 0.1) is 11.3 Å². The predicted molar refractivity (Wildman–Crippen MR) is 65.8 cm³/mol. The number of benzene rings is 1. The van der Waals surface area contributed by atoms with E-state index >= 15 is 0 Å². The topological polar surface area (TPSA) is 47.3 Å². The largest absolute Gasteiger partial charge is 0.391 e. The Bertz CT molecular complexity index is 428. The maximum Gasteiger partial charge on any atom is 0.103 e. The van der Waals surface area contributed by atoms with Crippen LogP contribution >= 0.6 is 11.8 Å². The number of anilines is 1. The van der Waals surface area contributed by atoms with Gasteiger partial charge in [-0.05, 0) is 24.8 Å². The molecule has 1 aliphatic heterocycles. The van der Waals surface area contributed by atoms with Gasteiger partial charge in [0, 0.05) is 18.0 Å². The van der Waals surface area contributed by atoms with Crippen LogP contribution in [0.15, 0.2) is 23.1 Å². The number of hydrogen-bond donors (Lipinski definition) is 1. The molecule has 0 saturated carbocycles. The monoisotopic (exact) mass is 234 g/mol. The van der Waals surface area contributed by atoms with E-state index in [2.05, 4.69) is 11.0 Å². The fourth-order valence-corrected chi connectivity index (χ4v) is 2.60. The molecule has 0 spiro atoms. The first kappa shape index (κ1) is 11.3. The Balaban J connectivity index is 2.37. The number of rotatable bonds is 2. The lowest BCUT2D eigenvalue weighted by atomic mass is 10.2. The van der Waals surface area contributed by atoms with Crippen molar-refractivity contribution in [3.8, 4) is 6.07 Å². The first-order valence-electron chi connectivity index (χ1n) is 5.26. The third-order valence-electron chi connectivity index (χ3n) is 2.84. The Labute approximate surface area is 99.7 Å². The number of hydrogen-bond acceptors (Lipinski definition) is 4. The van der Waals surface area contributed by atoms with Crippen molar-refractivity contribution in [3.05, 3.63) is 23.8 Å². The number of thioether (sulfide) groups is 1. The number of β-amino-alcohol motifs (C(OH)–C–C–N with tert-alkyl or cyclic N) is 1. The standard InChI is InChI=1S/C12H14N2OS/c1-16-12-4-2-3-11(10(12)7-13)14-6-5-9(15)8-14/h2-4,9,15H,5-6,8H2,1H3/t9-/m0/s1. The highest BCUT2D eigenvalue weighted by Crippen LogP contribution is 2.30. The van der Waals surface area contributed by atoms with Gasteiger partial charge in [-0.15, -0.1) is 11.8 Å². The van der Waals surface area contributed by atoms with Gasteiger partial charge in [-0.3, -0.25) is 0 Å². The third kappa shape index (κ3) is 2.01. The van der Waals surface area contributed by atoms with Gasteiger partial charge in [-0.25, -0.2) is 0 Å². The first-order chi connectivity index (χ1) is 7.76. The molecule has 1 aliphatic rings. The quantitative estimate of drug-likeness (QED) is 0.793. The highest BCUT2D eigenvalue weighted by molar-refractivity contribution is 7.98. The second-order valence-electron chi connectivity index (χ2n) is 3.85. The number of nitrogens with zero attached hydrogens (tertiary/aromatic N) is 2. The molecule has 0 aliphatic carbocycles. The molecule has 1 heterocycles. The van der Waals surface area contributed by atoms with Crippen LogP contribution in [0.5, 0.6) is 0 Å². The van der Waals surface area contributed by atoms with Crippen molar-refractivity contribution in [1.29, 1.82) is 5.26 Å². The van der Waals surface area contributed by atoms with Gasteiger partial charge in [0.1, 0.15) is 6.07 Å². The van der Waals surface area contributed by atoms with Gasteiger partial charge < -0.3 is 10.0 Å². The molecular weight excluding hydrogens is 220 g/mol. The summed E-state index contributed by atoms with van der Waals surface area (Å²) >= 11 is 1.58. The molecular formula is C12H14N2OS. The second kappa shape index (κ2) is 4.77. The van der Waals surface area contributed by atoms with Gasteiger partial charge in [-0.2, -0.15) is 5.26 Å². The number of aliphatic hydroxyl groups is 1. The summed E-state index contributed by atoms with van der Waals surface area (Å²) in [5.41, 5.74) is 1.68. The van der Waals surface area contributed by atoms with E-state index < -0.39 is 0 Å². The van der Waals surface area contributed by atoms with E-state index in [1.807, 2.05) is 24.5 Å². The zero-order valence-electron chi connectivity index (χ0n) is 9.18. The van der Waals surface area contributed by atoms with Crippen LogP contribution in [0.4, 0.5) is 5.69 Å². The minimum atomic E-state index is -0.260. The fraction of sp³-hybridized carbons (Fsp3) is 0.417. The fourth-order valence-electron chi connectivity index (χ4n) is 2.03. The van der Waals surface area contributed by atoms with Crippen molar-refractivity contribution in [2.75, 3.05) is 24.2 Å². The Morgan fingerprint density at radius 1 is 1.56 bits per heavy atom. The van der Waals surface area contributed by atoms with Crippen molar-refractivity contribution in [2.45, 2.75) is 17.4 Å². The van der Waals surface area contributed by atoms with E-state index in [1.54, 1.807) is 11.8 Å². The number of nitriles is 1. The van der Waals surface area contributed by atoms with Crippen molar-refractivity contribution in [3.63, 3.8) is 0 Å². The summed E-state index contributed by atoms with van der Waals surface area (Å²) in [6.07, 6.45) is 2.50. The molecule has 84 valence electrons. The van der Waals surface area contributed by atoms with E-state index in [-0.39, 0.29) is 6.10 Å². The molecule has 0 radical (unpaired) electrons. The average Bonchev–Trinajstić information content (AvgIpc) is 2.74. The maximum atomic E-state index is 9.52. The third-order valence-corrected chi connectivity index (χ3v) is 3.62. The lowest BCUT2D eigenvalue weighted by Crippen LogP contribution is -2.22. The van der Waals surface area contributed by atoms with Crippen molar-refractivity contribution in [1.82, 2.24) is 0 Å². The maximum absolute atomic E-state index is 9.52. The molecule has 1 fully saturated rings. The van der Waals surface area contributed by atoms with Crippen LogP contribution in [0.2, 0.25) is 0 Å². The zero-order chi connectivity index (χ0) is 11.5. The summed E-state index contributed by atoms with van der Waals surface area (Å²) in [5.74, 6) is 0. The smallest absolute Gasteiger partial charge is 0.103 e. The second-order valence-corrected chi connectivity index (χ2v) is 4.70. The van der Waals surface area contributed by atoms with Gasteiger partial charge in [-0.1, -0.05) is 6.07 Å². The van der Waals surface area contributed by atoms with E-state index in [1.165, 1.54) is 0 Å². The molecule has 0 bridgehead atoms. The summed E-state index contributed by atoms with van der Waals surface area (Å²) in [4.78, 5) is 3.09. The lowest BCUT2D eigenvalue weighted by Gasteiger charge is -2.20. The van der Waals surface area contributed by atoms with Crippen LogP contribution in [0.3, 0.4) is 0 Å². The van der Waals surface area contributed by atoms with E-state index in [0.717, 1.165) is 29.1 Å². The van der Waals surface area contributed by atoms with Crippen molar-refractivity contribution in [2.24, 2.45) is 0 Å². The van der Waals surface area contributed by atoms with E-state index in [4.69, 9.17) is 0 Å². The van der Waals surface area contributed by atoms with Crippen LogP contribution in [-0.2, 0) is 0 Å². The molecule has 4 heteroatoms. The van der Waals surface area contributed by atoms with E-state index in [9.17, 15) is 10.4 Å². The van der Waals surface area contributed by atoms with Crippen LogP contribution in [0.1, 0.15) is 12.0 Å². The molecule has 0 amide bonds. The summed E-state index contributed by atoms with van der Waals surface area (Å²) in [5, 5.41) is 18.7. The Kier molecular flexibility index (Phi) is 3.37. The van der Waals surface area contributed by atoms with Crippen LogP contribution in [0.25, 0.3) is 0 Å². The van der Waals surface area contributed by atoms with Gasteiger partial charge in [0.05, 0.1) is 17.4 Å². The molecule has 0 unspecified atom stereocenters. The SMILES string of the molecule is CSc1cccc(N2CC[C@H](O)C2)c1C#N. The van der Waals surface area contributed by atoms with E-state index in [0.29, 0.717) is 6.54 Å². The van der Waals surface area contributed by atoms with Gasteiger partial charge in [0.15, 0.2) is 0 Å². The number of aliphatic hydroxyl groups excluding tert-OH is 1. The molecule has 1 N–H and O–H groups in total. The summed E-state index contributed by atoms with van der Waals surface area (Å²) in [7, 11) is 0. The summed E-state index contributed by atoms with van der Waals surface area (Å²) in [6, 6.07) is 8.14. The summed E-state index contributed by atoms with van der Waals surface area (Å²) in [6.45, 7) is 1.46. The molecule has 1 aromatic rings. The highest BCUT2D eigenvalue weighted by atomic mass is 32.2. The van der Waals surface area contributed by atoms with Crippen molar-refractivity contribution < 1.29 is 5.11 Å².